The summed E-state index contributed by atoms with van der Waals surface area (Å²) in [5.41, 5.74) is 0. The Morgan fingerprint density at radius 1 is 1.60 bits per heavy atom. The number of hydrogen-bond acceptors (Lipinski definition) is 0. The second-order valence-corrected chi connectivity index (χ2v) is 0.500. The molecule has 0 spiro atoms. The molecule has 0 saturated heterocycles. The summed E-state index contributed by atoms with van der Waals surface area (Å²) < 4.78 is 0. The van der Waals surface area contributed by atoms with E-state index in [1.807, 2.05) is 6.92 Å². The zero-order chi connectivity index (χ0) is 2.71. The first kappa shape index (κ1) is 17.3. The summed E-state index contributed by atoms with van der Waals surface area (Å²) in [6, 6.07) is 0. The van der Waals surface area contributed by atoms with Crippen LogP contribution in [0.15, 0.2) is 0 Å². The van der Waals surface area contributed by atoms with Crippen molar-refractivity contribution < 1.29 is 21.1 Å². The molecule has 5 heavy (non-hydrogen) atoms. The van der Waals surface area contributed by atoms with Crippen LogP contribution in [0, 0.1) is 14.4 Å². The van der Waals surface area contributed by atoms with Gasteiger partial charge in [-0.15, -0.1) is 0 Å². The smallest absolute Gasteiger partial charge is 0.358 e. The molecule has 1 heteroatoms. The molecule has 0 heterocycles. The first-order valence-electron chi connectivity index (χ1n) is 1.21. The fraction of sp³-hybridized carbons (Fsp3) is 0.500. The van der Waals surface area contributed by atoms with Crippen LogP contribution in [0.3, 0.4) is 0 Å². The molecular weight excluding hydrogens is 243 g/mol. The van der Waals surface area contributed by atoms with Gasteiger partial charge in [-0.25, -0.2) is 0 Å². The van der Waals surface area contributed by atoms with Gasteiger partial charge in [-0.05, 0) is 0 Å². The van der Waals surface area contributed by atoms with Gasteiger partial charge >= 0.3 is 21.1 Å². The molecule has 0 aromatic rings. The Morgan fingerprint density at radius 3 is 1.60 bits per heavy atom. The summed E-state index contributed by atoms with van der Waals surface area (Å²) >= 11 is 0. The van der Waals surface area contributed by atoms with Gasteiger partial charge in [0.15, 0.2) is 0 Å². The Kier molecular flexibility index (Phi) is 77.4. The molecule has 0 aliphatic carbocycles. The van der Waals surface area contributed by atoms with Gasteiger partial charge in [-0.1, -0.05) is 6.92 Å². The molecule has 36 valence electrons. The van der Waals surface area contributed by atoms with Gasteiger partial charge in [0.05, 0.1) is 0 Å². The topological polar surface area (TPSA) is 0 Å². The van der Waals surface area contributed by atoms with Gasteiger partial charge < -0.3 is 14.4 Å². The van der Waals surface area contributed by atoms with Gasteiger partial charge in [0.25, 0.3) is 0 Å². The number of rotatable bonds is 0. The Hall–Kier alpha value is 0.688. The third-order valence-electron chi connectivity index (χ3n) is 0. The monoisotopic (exact) mass is 253 g/mol. The molecule has 0 saturated carbocycles. The van der Waals surface area contributed by atoms with Gasteiger partial charge in [-0.3, -0.25) is 0 Å². The van der Waals surface area contributed by atoms with Crippen LogP contribution in [-0.2, 0) is 21.1 Å². The van der Waals surface area contributed by atoms with Gasteiger partial charge in [0.2, 0.25) is 0 Å². The van der Waals surface area contributed by atoms with Gasteiger partial charge in [0, 0.05) is 0 Å². The van der Waals surface area contributed by atoms with Crippen LogP contribution >= 0.6 is 0 Å². The minimum atomic E-state index is 0. The van der Waals surface area contributed by atoms with Crippen molar-refractivity contribution in [3.63, 3.8) is 0 Å². The van der Waals surface area contributed by atoms with Crippen LogP contribution in [0.25, 0.3) is 0 Å². The normalized spacial score (nSPS) is 3.60. The van der Waals surface area contributed by atoms with Crippen LogP contribution < -0.4 is 0 Å². The summed E-state index contributed by atoms with van der Waals surface area (Å²) in [5.74, 6) is 0. The molecule has 0 radical (unpaired) electrons. The summed E-state index contributed by atoms with van der Waals surface area (Å²) in [4.78, 5) is 0. The average Bonchev–Trinajstić information content (AvgIpc) is 0.918. The largest absolute Gasteiger partial charge is 2.00 e. The van der Waals surface area contributed by atoms with Crippen molar-refractivity contribution in [1.29, 1.82) is 0 Å². The summed E-state index contributed by atoms with van der Waals surface area (Å²) in [7, 11) is 0. The number of hydrogen-bond donors (Lipinski definition) is 0. The SMILES string of the molecule is [CH2-]CC.[CH3-].[Pt+2]. The maximum atomic E-state index is 3.49. The molecule has 0 atom stereocenters. The van der Waals surface area contributed by atoms with Crippen LogP contribution in [-0.4, -0.2) is 0 Å². The van der Waals surface area contributed by atoms with E-state index in [1.54, 1.807) is 0 Å². The molecule has 0 aromatic heterocycles. The zero-order valence-corrected chi connectivity index (χ0v) is 6.00. The van der Waals surface area contributed by atoms with Gasteiger partial charge in [-0.2, -0.15) is 6.42 Å². The minimum absolute atomic E-state index is 0. The fourth-order valence-electron chi connectivity index (χ4n) is 0. The molecule has 0 amide bonds. The molecule has 0 aliphatic rings. The van der Waals surface area contributed by atoms with E-state index in [2.05, 4.69) is 6.92 Å². The van der Waals surface area contributed by atoms with E-state index in [1.165, 1.54) is 0 Å². The molecule has 0 fully saturated rings. The fourth-order valence-corrected chi connectivity index (χ4v) is 0. The molecule has 0 unspecified atom stereocenters. The van der Waals surface area contributed by atoms with E-state index in [0.29, 0.717) is 0 Å². The van der Waals surface area contributed by atoms with Crippen molar-refractivity contribution in [2.24, 2.45) is 0 Å². The molecule has 0 aromatic carbocycles. The average molecular weight is 253 g/mol. The van der Waals surface area contributed by atoms with Crippen molar-refractivity contribution in [3.8, 4) is 0 Å². The standard InChI is InChI=1S/C3H7.CH3.Pt/c1-3-2;;/h1,3H2,2H3;1H3;/q2*-1;+2. The van der Waals surface area contributed by atoms with Crippen molar-refractivity contribution in [1.82, 2.24) is 0 Å². The van der Waals surface area contributed by atoms with Crippen molar-refractivity contribution in [3.05, 3.63) is 14.4 Å². The molecular formula is C4H10Pt. The molecule has 0 bridgehead atoms. The maximum absolute atomic E-state index is 3.49. The van der Waals surface area contributed by atoms with Gasteiger partial charge in [0.1, 0.15) is 0 Å². The summed E-state index contributed by atoms with van der Waals surface area (Å²) in [6.07, 6.45) is 1.00. The Labute approximate surface area is 49.2 Å². The van der Waals surface area contributed by atoms with Crippen molar-refractivity contribution in [2.45, 2.75) is 13.3 Å². The third-order valence-corrected chi connectivity index (χ3v) is 0. The van der Waals surface area contributed by atoms with Crippen LogP contribution in [0.5, 0.6) is 0 Å². The predicted molar refractivity (Wildman–Crippen MR) is 22.1 cm³/mol. The predicted octanol–water partition coefficient (Wildman–Crippen LogP) is 1.68. The first-order valence-corrected chi connectivity index (χ1v) is 1.21. The van der Waals surface area contributed by atoms with E-state index in [0.717, 1.165) is 6.42 Å². The zero-order valence-electron chi connectivity index (χ0n) is 3.73. The minimum Gasteiger partial charge on any atom is -0.358 e. The van der Waals surface area contributed by atoms with Crippen molar-refractivity contribution >= 4 is 0 Å². The summed E-state index contributed by atoms with van der Waals surface area (Å²) in [6.45, 7) is 5.50. The van der Waals surface area contributed by atoms with Crippen molar-refractivity contribution in [2.75, 3.05) is 0 Å². The van der Waals surface area contributed by atoms with Crippen LogP contribution in [0.2, 0.25) is 0 Å². The van der Waals surface area contributed by atoms with Crippen LogP contribution in [0.4, 0.5) is 0 Å². The maximum Gasteiger partial charge on any atom is 2.00 e. The Morgan fingerprint density at radius 2 is 1.60 bits per heavy atom. The second kappa shape index (κ2) is 22.4. The third kappa shape index (κ3) is 71.5. The Bertz CT molecular complexity index is 3.61. The molecule has 0 aliphatic heterocycles. The summed E-state index contributed by atoms with van der Waals surface area (Å²) in [5, 5.41) is 0. The van der Waals surface area contributed by atoms with E-state index in [9.17, 15) is 0 Å². The van der Waals surface area contributed by atoms with E-state index in [4.69, 9.17) is 0 Å². The van der Waals surface area contributed by atoms with E-state index in [-0.39, 0.29) is 28.5 Å². The Balaban J connectivity index is -0.0000000200. The van der Waals surface area contributed by atoms with E-state index >= 15 is 0 Å². The molecule has 0 rings (SSSR count). The van der Waals surface area contributed by atoms with E-state index < -0.39 is 0 Å². The molecule has 0 nitrogen and oxygen atoms in total. The quantitative estimate of drug-likeness (QED) is 0.576. The first-order chi connectivity index (χ1) is 1.41. The van der Waals surface area contributed by atoms with Crippen LogP contribution in [0.1, 0.15) is 13.3 Å². The molecule has 0 N–H and O–H groups in total. The second-order valence-electron chi connectivity index (χ2n) is 0.500.